The Morgan fingerprint density at radius 3 is 2.27 bits per heavy atom. The minimum Gasteiger partial charge on any atom is -1.00 e. The number of aromatic nitrogens is 1. The van der Waals surface area contributed by atoms with Crippen molar-refractivity contribution in [3.63, 3.8) is 0 Å². The fourth-order valence-electron chi connectivity index (χ4n) is 3.35. The standard InChI is InChI=1S/C23H14BrN3OS.BrH/c24-16-12-10-15(11-13-16)20-14-29-23(27(20)17-6-2-1-3-7-17)26-21-18-8-4-5-9-19(18)22(28)25-21;/h1-14H;1H. The number of para-hydroxylation sites is 1. The molecule has 0 unspecified atom stereocenters. The van der Waals surface area contributed by atoms with Gasteiger partial charge in [0, 0.05) is 15.4 Å². The van der Waals surface area contributed by atoms with Gasteiger partial charge in [-0.15, -0.1) is 0 Å². The molecule has 2 heterocycles. The van der Waals surface area contributed by atoms with E-state index < -0.39 is 0 Å². The first-order valence-electron chi connectivity index (χ1n) is 9.05. The number of amides is 1. The Kier molecular flexibility index (Phi) is 5.94. The van der Waals surface area contributed by atoms with Gasteiger partial charge in [-0.25, -0.2) is 0 Å². The predicted octanol–water partition coefficient (Wildman–Crippen LogP) is 2.28. The number of carbonyl (C=O) groups is 1. The monoisotopic (exact) mass is 539 g/mol. The van der Waals surface area contributed by atoms with E-state index in [1.807, 2.05) is 54.6 Å². The van der Waals surface area contributed by atoms with E-state index in [9.17, 15) is 4.79 Å². The van der Waals surface area contributed by atoms with Crippen molar-refractivity contribution in [1.29, 1.82) is 0 Å². The lowest BCUT2D eigenvalue weighted by Crippen LogP contribution is -3.00. The Bertz CT molecular complexity index is 1250. The molecule has 30 heavy (non-hydrogen) atoms. The Balaban J connectivity index is 0.00000218. The second-order valence-electron chi connectivity index (χ2n) is 6.54. The van der Waals surface area contributed by atoms with Crippen molar-refractivity contribution in [3.05, 3.63) is 99.8 Å². The van der Waals surface area contributed by atoms with Gasteiger partial charge in [-0.05, 0) is 64.9 Å². The van der Waals surface area contributed by atoms with Crippen LogP contribution < -0.4 is 26.9 Å². The summed E-state index contributed by atoms with van der Waals surface area (Å²) in [4.78, 5) is 17.1. The van der Waals surface area contributed by atoms with Crippen LogP contribution in [-0.4, -0.2) is 11.7 Å². The van der Waals surface area contributed by atoms with Gasteiger partial charge in [0.1, 0.15) is 5.69 Å². The summed E-state index contributed by atoms with van der Waals surface area (Å²) in [5.41, 5.74) is 4.64. The first-order chi connectivity index (χ1) is 14.2. The molecule has 1 amide bonds. The highest BCUT2D eigenvalue weighted by atomic mass is 79.9. The van der Waals surface area contributed by atoms with E-state index >= 15 is 0 Å². The van der Waals surface area contributed by atoms with Crippen molar-refractivity contribution in [2.24, 2.45) is 4.99 Å². The second kappa shape index (κ2) is 8.63. The predicted molar refractivity (Wildman–Crippen MR) is 119 cm³/mol. The van der Waals surface area contributed by atoms with Crippen molar-refractivity contribution < 1.29 is 26.3 Å². The van der Waals surface area contributed by atoms with E-state index in [1.165, 1.54) is 0 Å². The molecule has 148 valence electrons. The van der Waals surface area contributed by atoms with Crippen molar-refractivity contribution >= 4 is 44.1 Å². The van der Waals surface area contributed by atoms with Gasteiger partial charge >= 0.3 is 5.13 Å². The van der Waals surface area contributed by atoms with E-state index in [0.717, 1.165) is 32.1 Å². The van der Waals surface area contributed by atoms with Gasteiger partial charge in [-0.2, -0.15) is 4.57 Å². The average Bonchev–Trinajstić information content (AvgIpc) is 3.31. The number of fused-ring (bicyclic) bond motifs is 1. The molecule has 1 aliphatic heterocycles. The van der Waals surface area contributed by atoms with Gasteiger partial charge in [-0.3, -0.25) is 10.1 Å². The lowest BCUT2D eigenvalue weighted by molar-refractivity contribution is -0.565. The molecule has 4 nitrogen and oxygen atoms in total. The molecule has 4 aromatic rings. The number of hydrogen-bond donors (Lipinski definition) is 1. The average molecular weight is 541 g/mol. The lowest BCUT2D eigenvalue weighted by atomic mass is 10.1. The van der Waals surface area contributed by atoms with Crippen LogP contribution in [0.2, 0.25) is 0 Å². The van der Waals surface area contributed by atoms with Crippen LogP contribution in [0.5, 0.6) is 0 Å². The third-order valence-electron chi connectivity index (χ3n) is 4.73. The number of rotatable bonds is 3. The van der Waals surface area contributed by atoms with Crippen LogP contribution in [0.1, 0.15) is 15.9 Å². The molecule has 0 aliphatic carbocycles. The maximum absolute atomic E-state index is 12.3. The lowest BCUT2D eigenvalue weighted by Gasteiger charge is -2.04. The Morgan fingerprint density at radius 2 is 1.53 bits per heavy atom. The molecule has 5 rings (SSSR count). The third kappa shape index (κ3) is 3.76. The van der Waals surface area contributed by atoms with Gasteiger partial charge in [0.2, 0.25) is 0 Å². The molecule has 0 bridgehead atoms. The molecule has 0 atom stereocenters. The Labute approximate surface area is 196 Å². The molecule has 0 radical (unpaired) electrons. The Hall–Kier alpha value is -2.61. The van der Waals surface area contributed by atoms with Crippen LogP contribution in [0.4, 0.5) is 5.13 Å². The van der Waals surface area contributed by atoms with Crippen LogP contribution >= 0.6 is 27.3 Å². The first-order valence-corrected chi connectivity index (χ1v) is 10.7. The molecule has 1 aromatic heterocycles. The highest BCUT2D eigenvalue weighted by molar-refractivity contribution is 9.10. The SMILES string of the molecule is O=C1N/C(=N\c2scc(-c3ccc(Br)cc3)[n+]2-c2ccccc2)c2ccccc21.[Br-]. The number of carbonyl (C=O) groups excluding carboxylic acids is 1. The zero-order chi connectivity index (χ0) is 19.8. The maximum atomic E-state index is 12.3. The van der Waals surface area contributed by atoms with E-state index in [1.54, 1.807) is 11.3 Å². The minimum absolute atomic E-state index is 0. The molecule has 3 aromatic carbocycles. The van der Waals surface area contributed by atoms with Crippen LogP contribution in [0.3, 0.4) is 0 Å². The molecule has 1 aliphatic rings. The molecule has 0 spiro atoms. The molecule has 0 fully saturated rings. The van der Waals surface area contributed by atoms with Gasteiger partial charge in [-0.1, -0.05) is 46.3 Å². The number of hydrogen-bond acceptors (Lipinski definition) is 3. The summed E-state index contributed by atoms with van der Waals surface area (Å²) in [5, 5.41) is 5.79. The van der Waals surface area contributed by atoms with Crippen LogP contribution in [0.15, 0.2) is 93.7 Å². The summed E-state index contributed by atoms with van der Waals surface area (Å²) in [6.45, 7) is 0. The number of halogens is 2. The van der Waals surface area contributed by atoms with Crippen molar-refractivity contribution in [2.75, 3.05) is 0 Å². The summed E-state index contributed by atoms with van der Waals surface area (Å²) >= 11 is 5.04. The largest absolute Gasteiger partial charge is 1.00 e. The van der Waals surface area contributed by atoms with Gasteiger partial charge in [0.15, 0.2) is 5.69 Å². The van der Waals surface area contributed by atoms with Crippen LogP contribution in [0.25, 0.3) is 16.9 Å². The first kappa shape index (κ1) is 20.7. The fourth-order valence-corrected chi connectivity index (χ4v) is 4.53. The number of nitrogens with zero attached hydrogens (tertiary/aromatic N) is 2. The summed E-state index contributed by atoms with van der Waals surface area (Å²) in [5.74, 6) is 0.467. The molecule has 7 heteroatoms. The fraction of sp³-hybridized carbons (Fsp3) is 0. The van der Waals surface area contributed by atoms with Crippen molar-refractivity contribution in [2.45, 2.75) is 0 Å². The smallest absolute Gasteiger partial charge is 0.390 e. The van der Waals surface area contributed by atoms with Gasteiger partial charge in [0.25, 0.3) is 11.7 Å². The number of amidine groups is 1. The van der Waals surface area contributed by atoms with Crippen LogP contribution in [-0.2, 0) is 0 Å². The Morgan fingerprint density at radius 1 is 0.867 bits per heavy atom. The molecular weight excluding hydrogens is 526 g/mol. The van der Waals surface area contributed by atoms with E-state index in [4.69, 9.17) is 4.99 Å². The number of benzene rings is 3. The zero-order valence-electron chi connectivity index (χ0n) is 15.5. The highest BCUT2D eigenvalue weighted by Crippen LogP contribution is 2.29. The topological polar surface area (TPSA) is 45.3 Å². The van der Waals surface area contributed by atoms with E-state index in [-0.39, 0.29) is 22.9 Å². The van der Waals surface area contributed by atoms with Crippen molar-refractivity contribution in [1.82, 2.24) is 5.32 Å². The number of aliphatic imine (C=N–C) groups is 1. The maximum Gasteiger partial charge on any atom is 0.390 e. The summed E-state index contributed by atoms with van der Waals surface area (Å²) in [6, 6.07) is 25.9. The molecule has 0 saturated heterocycles. The van der Waals surface area contributed by atoms with Gasteiger partial charge < -0.3 is 17.0 Å². The quantitative estimate of drug-likeness (QED) is 0.398. The second-order valence-corrected chi connectivity index (χ2v) is 8.29. The highest BCUT2D eigenvalue weighted by Gasteiger charge is 2.30. The number of nitrogens with one attached hydrogen (secondary N) is 1. The third-order valence-corrected chi connectivity index (χ3v) is 6.08. The van der Waals surface area contributed by atoms with Gasteiger partial charge in [0.05, 0.1) is 11.1 Å². The molecule has 0 saturated carbocycles. The van der Waals surface area contributed by atoms with Crippen molar-refractivity contribution in [3.8, 4) is 16.9 Å². The molecular formula is C23H15Br2N3OS. The van der Waals surface area contributed by atoms with E-state index in [2.05, 4.69) is 55.5 Å². The summed E-state index contributed by atoms with van der Waals surface area (Å²) in [6.07, 6.45) is 0. The zero-order valence-corrected chi connectivity index (χ0v) is 19.5. The minimum atomic E-state index is -0.115. The summed E-state index contributed by atoms with van der Waals surface area (Å²) < 4.78 is 3.15. The summed E-state index contributed by atoms with van der Waals surface area (Å²) in [7, 11) is 0. The van der Waals surface area contributed by atoms with E-state index in [0.29, 0.717) is 11.4 Å². The van der Waals surface area contributed by atoms with Crippen LogP contribution in [0, 0.1) is 0 Å². The normalized spacial score (nSPS) is 13.6. The molecule has 1 N–H and O–H groups in total. The number of thiazole rings is 1.